The number of nitrogens with one attached hydrogen (secondary N) is 1. The first kappa shape index (κ1) is 19.3. The van der Waals surface area contributed by atoms with Gasteiger partial charge in [0.05, 0.1) is 14.2 Å². The summed E-state index contributed by atoms with van der Waals surface area (Å²) >= 11 is 0. The Morgan fingerprint density at radius 3 is 2.31 bits per heavy atom. The summed E-state index contributed by atoms with van der Waals surface area (Å²) < 4.78 is 10.7. The minimum atomic E-state index is -0.0963. The molecule has 1 N–H and O–H groups in total. The number of rotatable bonds is 7. The summed E-state index contributed by atoms with van der Waals surface area (Å²) in [6, 6.07) is 12.8. The molecule has 2 aromatic carbocycles. The van der Waals surface area contributed by atoms with Crippen LogP contribution >= 0.6 is 0 Å². The fraction of sp³-hybridized carbons (Fsp3) is 0.300. The van der Waals surface area contributed by atoms with Crippen LogP contribution in [0.5, 0.6) is 11.5 Å². The van der Waals surface area contributed by atoms with Gasteiger partial charge in [0.15, 0.2) is 11.5 Å². The molecule has 0 aliphatic rings. The topological polar surface area (TPSA) is 67.9 Å². The monoisotopic (exact) mass is 356 g/mol. The van der Waals surface area contributed by atoms with Crippen molar-refractivity contribution in [2.45, 2.75) is 20.0 Å². The van der Waals surface area contributed by atoms with Gasteiger partial charge >= 0.3 is 0 Å². The van der Waals surface area contributed by atoms with Gasteiger partial charge in [-0.2, -0.15) is 0 Å². The molecule has 0 saturated heterocycles. The van der Waals surface area contributed by atoms with Crippen molar-refractivity contribution in [3.8, 4) is 11.5 Å². The molecule has 6 nitrogen and oxygen atoms in total. The molecule has 0 bridgehead atoms. The van der Waals surface area contributed by atoms with E-state index in [4.69, 9.17) is 9.47 Å². The van der Waals surface area contributed by atoms with E-state index in [9.17, 15) is 9.59 Å². The standard InChI is InChI=1S/C20H24N2O4/c1-14(23)21-12-15-8-10-16(11-9-15)20(24)22(2)13-17-6-5-7-18(25-3)19(17)26-4/h5-11H,12-13H2,1-4H3,(H,21,23). The van der Waals surface area contributed by atoms with Gasteiger partial charge in [0.1, 0.15) is 0 Å². The quantitative estimate of drug-likeness (QED) is 0.828. The molecule has 0 radical (unpaired) electrons. The summed E-state index contributed by atoms with van der Waals surface area (Å²) in [6.45, 7) is 2.31. The van der Waals surface area contributed by atoms with Crippen LogP contribution in [0, 0.1) is 0 Å². The lowest BCUT2D eigenvalue weighted by molar-refractivity contribution is -0.119. The zero-order chi connectivity index (χ0) is 19.1. The number of para-hydroxylation sites is 1. The fourth-order valence-corrected chi connectivity index (χ4v) is 2.62. The summed E-state index contributed by atoms with van der Waals surface area (Å²) in [5.41, 5.74) is 2.39. The normalized spacial score (nSPS) is 10.2. The number of hydrogen-bond donors (Lipinski definition) is 1. The lowest BCUT2D eigenvalue weighted by Gasteiger charge is -2.20. The van der Waals surface area contributed by atoms with Gasteiger partial charge in [-0.15, -0.1) is 0 Å². The fourth-order valence-electron chi connectivity index (χ4n) is 2.62. The molecule has 0 heterocycles. The van der Waals surface area contributed by atoms with Gasteiger partial charge in [-0.05, 0) is 23.8 Å². The van der Waals surface area contributed by atoms with Crippen molar-refractivity contribution >= 4 is 11.8 Å². The van der Waals surface area contributed by atoms with Crippen molar-refractivity contribution in [2.75, 3.05) is 21.3 Å². The second-order valence-electron chi connectivity index (χ2n) is 5.92. The van der Waals surface area contributed by atoms with Crippen LogP contribution in [0.15, 0.2) is 42.5 Å². The zero-order valence-corrected chi connectivity index (χ0v) is 15.5. The van der Waals surface area contributed by atoms with E-state index in [1.807, 2.05) is 30.3 Å². The highest BCUT2D eigenvalue weighted by molar-refractivity contribution is 5.94. The Kier molecular flexibility index (Phi) is 6.60. The predicted molar refractivity (Wildman–Crippen MR) is 99.3 cm³/mol. The van der Waals surface area contributed by atoms with Crippen molar-refractivity contribution in [3.05, 3.63) is 59.2 Å². The van der Waals surface area contributed by atoms with E-state index in [1.54, 1.807) is 38.3 Å². The minimum absolute atomic E-state index is 0.0860. The molecule has 2 rings (SSSR count). The summed E-state index contributed by atoms with van der Waals surface area (Å²) in [5.74, 6) is 1.08. The summed E-state index contributed by atoms with van der Waals surface area (Å²) in [4.78, 5) is 25.3. The molecule has 2 aromatic rings. The van der Waals surface area contributed by atoms with E-state index >= 15 is 0 Å². The van der Waals surface area contributed by atoms with Crippen molar-refractivity contribution < 1.29 is 19.1 Å². The van der Waals surface area contributed by atoms with Gasteiger partial charge in [-0.1, -0.05) is 24.3 Å². The van der Waals surface area contributed by atoms with E-state index < -0.39 is 0 Å². The number of carbonyl (C=O) groups is 2. The second kappa shape index (κ2) is 8.89. The third kappa shape index (κ3) is 4.75. The molecule has 6 heteroatoms. The molecule has 0 saturated carbocycles. The van der Waals surface area contributed by atoms with Gasteiger partial charge < -0.3 is 19.7 Å². The van der Waals surface area contributed by atoms with Crippen LogP contribution in [-0.2, 0) is 17.9 Å². The van der Waals surface area contributed by atoms with Crippen LogP contribution in [0.25, 0.3) is 0 Å². The highest BCUT2D eigenvalue weighted by atomic mass is 16.5. The first-order chi connectivity index (χ1) is 12.5. The van der Waals surface area contributed by atoms with Gasteiger partial charge in [0.2, 0.25) is 5.91 Å². The third-order valence-electron chi connectivity index (χ3n) is 3.98. The van der Waals surface area contributed by atoms with Crippen LogP contribution in [0.2, 0.25) is 0 Å². The average Bonchev–Trinajstić information content (AvgIpc) is 2.65. The molecule has 0 fully saturated rings. The molecular formula is C20H24N2O4. The Morgan fingerprint density at radius 1 is 1.04 bits per heavy atom. The highest BCUT2D eigenvalue weighted by Gasteiger charge is 2.16. The Labute approximate surface area is 153 Å². The molecular weight excluding hydrogens is 332 g/mol. The largest absolute Gasteiger partial charge is 0.493 e. The van der Waals surface area contributed by atoms with Gasteiger partial charge in [0, 0.05) is 38.2 Å². The highest BCUT2D eigenvalue weighted by Crippen LogP contribution is 2.31. The first-order valence-corrected chi connectivity index (χ1v) is 8.25. The number of methoxy groups -OCH3 is 2. The Bertz CT molecular complexity index is 772. The van der Waals surface area contributed by atoms with Crippen LogP contribution < -0.4 is 14.8 Å². The molecule has 26 heavy (non-hydrogen) atoms. The van der Waals surface area contributed by atoms with Crippen LogP contribution in [0.4, 0.5) is 0 Å². The minimum Gasteiger partial charge on any atom is -0.493 e. The van der Waals surface area contributed by atoms with E-state index in [0.29, 0.717) is 30.2 Å². The van der Waals surface area contributed by atoms with Crippen molar-refractivity contribution in [2.24, 2.45) is 0 Å². The molecule has 2 amide bonds. The van der Waals surface area contributed by atoms with Crippen LogP contribution in [0.1, 0.15) is 28.4 Å². The zero-order valence-electron chi connectivity index (χ0n) is 15.5. The number of hydrogen-bond acceptors (Lipinski definition) is 4. The van der Waals surface area contributed by atoms with E-state index in [2.05, 4.69) is 5.32 Å². The van der Waals surface area contributed by atoms with E-state index in [0.717, 1.165) is 11.1 Å². The Balaban J connectivity index is 2.09. The molecule has 0 aliphatic carbocycles. The van der Waals surface area contributed by atoms with Gasteiger partial charge in [-0.3, -0.25) is 9.59 Å². The molecule has 0 aliphatic heterocycles. The molecule has 0 spiro atoms. The average molecular weight is 356 g/mol. The molecule has 138 valence electrons. The SMILES string of the molecule is COc1cccc(CN(C)C(=O)c2ccc(CNC(C)=O)cc2)c1OC. The number of benzene rings is 2. The van der Waals surface area contributed by atoms with Crippen molar-refractivity contribution in [3.63, 3.8) is 0 Å². The predicted octanol–water partition coefficient (Wildman–Crippen LogP) is 2.61. The van der Waals surface area contributed by atoms with Gasteiger partial charge in [0.25, 0.3) is 5.91 Å². The van der Waals surface area contributed by atoms with Crippen LogP contribution in [0.3, 0.4) is 0 Å². The lowest BCUT2D eigenvalue weighted by atomic mass is 10.1. The first-order valence-electron chi connectivity index (χ1n) is 8.25. The van der Waals surface area contributed by atoms with E-state index in [1.165, 1.54) is 6.92 Å². The van der Waals surface area contributed by atoms with Gasteiger partial charge in [-0.25, -0.2) is 0 Å². The van der Waals surface area contributed by atoms with Crippen LogP contribution in [-0.4, -0.2) is 38.0 Å². The number of nitrogens with zero attached hydrogens (tertiary/aromatic N) is 1. The maximum atomic E-state index is 12.7. The maximum absolute atomic E-state index is 12.7. The van der Waals surface area contributed by atoms with Crippen molar-refractivity contribution in [1.82, 2.24) is 10.2 Å². The van der Waals surface area contributed by atoms with E-state index in [-0.39, 0.29) is 11.8 Å². The maximum Gasteiger partial charge on any atom is 0.253 e. The Morgan fingerprint density at radius 2 is 1.73 bits per heavy atom. The number of amides is 2. The Hall–Kier alpha value is -3.02. The molecule has 0 unspecified atom stereocenters. The molecule has 0 aromatic heterocycles. The molecule has 0 atom stereocenters. The third-order valence-corrected chi connectivity index (χ3v) is 3.98. The summed E-state index contributed by atoms with van der Waals surface area (Å²) in [6.07, 6.45) is 0. The second-order valence-corrected chi connectivity index (χ2v) is 5.92. The number of ether oxygens (including phenoxy) is 2. The number of carbonyl (C=O) groups excluding carboxylic acids is 2. The summed E-state index contributed by atoms with van der Waals surface area (Å²) in [7, 11) is 4.91. The summed E-state index contributed by atoms with van der Waals surface area (Å²) in [5, 5.41) is 2.73. The lowest BCUT2D eigenvalue weighted by Crippen LogP contribution is -2.26. The smallest absolute Gasteiger partial charge is 0.253 e. The van der Waals surface area contributed by atoms with Crippen molar-refractivity contribution in [1.29, 1.82) is 0 Å².